The molecule has 2 bridgehead atoms. The Morgan fingerprint density at radius 2 is 0.781 bits per heavy atom. The molecule has 0 amide bonds. The van der Waals surface area contributed by atoms with Gasteiger partial charge in [0, 0.05) is 32.6 Å². The van der Waals surface area contributed by atoms with Crippen molar-refractivity contribution in [3.63, 3.8) is 0 Å². The van der Waals surface area contributed by atoms with E-state index in [2.05, 4.69) is 0 Å². The molecule has 3 aliphatic rings. The average molecular weight is 428 g/mol. The first-order valence-corrected chi connectivity index (χ1v) is 10.3. The number of carbonyl (C=O) groups is 3. The lowest BCUT2D eigenvalue weighted by molar-refractivity contribution is -0.132. The van der Waals surface area contributed by atoms with Gasteiger partial charge in [0.25, 0.3) is 0 Å². The monoisotopic (exact) mass is 428 g/mol. The number of benzene rings is 3. The van der Waals surface area contributed by atoms with Crippen LogP contribution in [-0.2, 0) is 14.4 Å². The minimum Gasteiger partial charge on any atom is -0.427 e. The first kappa shape index (κ1) is 20.0. The predicted octanol–water partition coefficient (Wildman–Crippen LogP) is 4.45. The van der Waals surface area contributed by atoms with E-state index in [1.54, 1.807) is 18.2 Å². The highest BCUT2D eigenvalue weighted by Gasteiger charge is 2.42. The fourth-order valence-electron chi connectivity index (χ4n) is 4.89. The third-order valence-electron chi connectivity index (χ3n) is 5.83. The second kappa shape index (κ2) is 7.34. The van der Waals surface area contributed by atoms with E-state index in [-0.39, 0.29) is 29.7 Å². The maximum atomic E-state index is 11.5. The van der Waals surface area contributed by atoms with Gasteiger partial charge in [-0.2, -0.15) is 0 Å². The van der Waals surface area contributed by atoms with Crippen LogP contribution in [0.2, 0.25) is 0 Å². The summed E-state index contributed by atoms with van der Waals surface area (Å²) in [5.74, 6) is 0.0197. The van der Waals surface area contributed by atoms with Crippen LogP contribution in [0.25, 0.3) is 0 Å². The van der Waals surface area contributed by atoms with Crippen LogP contribution in [0.1, 0.15) is 66.0 Å². The Kier molecular flexibility index (Phi) is 4.59. The Labute approximate surface area is 184 Å². The van der Waals surface area contributed by atoms with E-state index in [4.69, 9.17) is 14.2 Å². The van der Waals surface area contributed by atoms with E-state index in [0.717, 1.165) is 33.4 Å². The molecule has 0 aromatic heterocycles. The summed E-state index contributed by atoms with van der Waals surface area (Å²) >= 11 is 0. The molecule has 6 nitrogen and oxygen atoms in total. The van der Waals surface area contributed by atoms with Crippen molar-refractivity contribution in [1.82, 2.24) is 0 Å². The third-order valence-corrected chi connectivity index (χ3v) is 5.83. The molecule has 6 heteroatoms. The number of esters is 3. The smallest absolute Gasteiger partial charge is 0.308 e. The molecule has 0 saturated carbocycles. The second-order valence-electron chi connectivity index (χ2n) is 8.02. The lowest BCUT2D eigenvalue weighted by Crippen LogP contribution is -2.28. The molecule has 6 rings (SSSR count). The highest BCUT2D eigenvalue weighted by molar-refractivity contribution is 5.74. The van der Waals surface area contributed by atoms with Gasteiger partial charge in [0.15, 0.2) is 0 Å². The molecule has 0 spiro atoms. The van der Waals surface area contributed by atoms with Gasteiger partial charge in [0.2, 0.25) is 0 Å². The zero-order chi connectivity index (χ0) is 22.6. The van der Waals surface area contributed by atoms with E-state index in [0.29, 0.717) is 17.2 Å². The van der Waals surface area contributed by atoms with E-state index in [9.17, 15) is 14.4 Å². The van der Waals surface area contributed by atoms with Gasteiger partial charge in [-0.25, -0.2) is 0 Å². The Hall–Kier alpha value is -3.93. The Bertz CT molecular complexity index is 1150. The highest BCUT2D eigenvalue weighted by atomic mass is 16.5. The van der Waals surface area contributed by atoms with Crippen molar-refractivity contribution in [1.29, 1.82) is 0 Å². The molecule has 0 aliphatic heterocycles. The summed E-state index contributed by atoms with van der Waals surface area (Å²) in [4.78, 5) is 34.5. The molecule has 0 fully saturated rings. The van der Waals surface area contributed by atoms with Crippen LogP contribution >= 0.6 is 0 Å². The molecule has 0 unspecified atom stereocenters. The standard InChI is InChI=1S/C26H20O6/c1-13(27)30-16-4-7-19-22(10-16)26-23-11-17(31-14(2)28)5-8-20(23)25(19)21-9-6-18(12-24(21)26)32-15(3)29/h4-12,25-26H,1-3H3. The quantitative estimate of drug-likeness (QED) is 0.312. The zero-order valence-corrected chi connectivity index (χ0v) is 17.8. The Morgan fingerprint density at radius 1 is 0.500 bits per heavy atom. The minimum atomic E-state index is -0.388. The first-order chi connectivity index (χ1) is 15.3. The fraction of sp³-hybridized carbons (Fsp3) is 0.192. The molecule has 3 aromatic carbocycles. The van der Waals surface area contributed by atoms with Gasteiger partial charge in [0.05, 0.1) is 0 Å². The van der Waals surface area contributed by atoms with Gasteiger partial charge < -0.3 is 14.2 Å². The molecular formula is C26H20O6. The van der Waals surface area contributed by atoms with Gasteiger partial charge in [0.1, 0.15) is 17.2 Å². The number of rotatable bonds is 3. The third kappa shape index (κ3) is 3.24. The summed E-state index contributed by atoms with van der Waals surface area (Å²) in [5.41, 5.74) is 6.42. The number of carbonyl (C=O) groups excluding carboxylic acids is 3. The highest BCUT2D eigenvalue weighted by Crippen LogP contribution is 2.57. The summed E-state index contributed by atoms with van der Waals surface area (Å²) in [6.07, 6.45) is 0. The average Bonchev–Trinajstić information content (AvgIpc) is 2.71. The van der Waals surface area contributed by atoms with Crippen LogP contribution in [0.15, 0.2) is 54.6 Å². The van der Waals surface area contributed by atoms with Crippen LogP contribution in [0.4, 0.5) is 0 Å². The van der Waals surface area contributed by atoms with Crippen LogP contribution in [0, 0.1) is 0 Å². The topological polar surface area (TPSA) is 78.9 Å². The Balaban J connectivity index is 1.71. The van der Waals surface area contributed by atoms with Crippen LogP contribution in [-0.4, -0.2) is 17.9 Å². The predicted molar refractivity (Wildman–Crippen MR) is 115 cm³/mol. The number of hydrogen-bond donors (Lipinski definition) is 0. The molecule has 32 heavy (non-hydrogen) atoms. The van der Waals surface area contributed by atoms with E-state index in [1.165, 1.54) is 20.8 Å². The molecule has 0 radical (unpaired) electrons. The van der Waals surface area contributed by atoms with Crippen molar-refractivity contribution in [3.05, 3.63) is 88.0 Å². The van der Waals surface area contributed by atoms with Crippen LogP contribution in [0.3, 0.4) is 0 Å². The summed E-state index contributed by atoms with van der Waals surface area (Å²) < 4.78 is 16.0. The summed E-state index contributed by atoms with van der Waals surface area (Å²) in [6, 6.07) is 17.1. The molecule has 0 N–H and O–H groups in total. The molecule has 0 atom stereocenters. The van der Waals surface area contributed by atoms with Gasteiger partial charge in [-0.15, -0.1) is 0 Å². The molecule has 160 valence electrons. The molecule has 0 heterocycles. The van der Waals surface area contributed by atoms with Gasteiger partial charge in [-0.1, -0.05) is 18.2 Å². The van der Waals surface area contributed by atoms with Gasteiger partial charge in [-0.05, 0) is 69.8 Å². The van der Waals surface area contributed by atoms with Gasteiger partial charge >= 0.3 is 17.9 Å². The van der Waals surface area contributed by atoms with Crippen molar-refractivity contribution >= 4 is 17.9 Å². The van der Waals surface area contributed by atoms with E-state index >= 15 is 0 Å². The fourth-order valence-corrected chi connectivity index (χ4v) is 4.89. The second-order valence-corrected chi connectivity index (χ2v) is 8.02. The van der Waals surface area contributed by atoms with Crippen molar-refractivity contribution in [2.45, 2.75) is 32.6 Å². The van der Waals surface area contributed by atoms with E-state index < -0.39 is 0 Å². The zero-order valence-electron chi connectivity index (χ0n) is 17.8. The summed E-state index contributed by atoms with van der Waals surface area (Å²) in [7, 11) is 0. The lowest BCUT2D eigenvalue weighted by atomic mass is 9.61. The molecular weight excluding hydrogens is 408 g/mol. The van der Waals surface area contributed by atoms with Crippen molar-refractivity contribution in [2.75, 3.05) is 0 Å². The van der Waals surface area contributed by atoms with E-state index in [1.807, 2.05) is 36.4 Å². The summed E-state index contributed by atoms with van der Waals surface area (Å²) in [5, 5.41) is 0. The van der Waals surface area contributed by atoms with Crippen molar-refractivity contribution in [3.8, 4) is 17.2 Å². The van der Waals surface area contributed by atoms with Crippen LogP contribution < -0.4 is 14.2 Å². The number of hydrogen-bond acceptors (Lipinski definition) is 6. The first-order valence-electron chi connectivity index (χ1n) is 10.3. The maximum absolute atomic E-state index is 11.5. The van der Waals surface area contributed by atoms with Crippen molar-refractivity contribution < 1.29 is 28.6 Å². The molecule has 0 saturated heterocycles. The summed E-state index contributed by atoms with van der Waals surface area (Å²) in [6.45, 7) is 4.10. The largest absolute Gasteiger partial charge is 0.427 e. The van der Waals surface area contributed by atoms with Crippen LogP contribution in [0.5, 0.6) is 17.2 Å². The van der Waals surface area contributed by atoms with Crippen molar-refractivity contribution in [2.24, 2.45) is 0 Å². The van der Waals surface area contributed by atoms with Gasteiger partial charge in [-0.3, -0.25) is 14.4 Å². The normalized spacial score (nSPS) is 17.0. The Morgan fingerprint density at radius 3 is 1.06 bits per heavy atom. The maximum Gasteiger partial charge on any atom is 0.308 e. The minimum absolute atomic E-state index is 0.0378. The SMILES string of the molecule is CC(=O)Oc1ccc2c(c1)C1c3cc(OC(C)=O)ccc3C2c2ccc(OC(C)=O)cc21. The molecule has 3 aliphatic carbocycles. The number of ether oxygens (including phenoxy) is 3. The lowest BCUT2D eigenvalue weighted by Gasteiger charge is -2.42. The molecule has 3 aromatic rings.